The number of benzene rings is 1. The van der Waals surface area contributed by atoms with Crippen LogP contribution in [0.2, 0.25) is 0 Å². The van der Waals surface area contributed by atoms with Crippen LogP contribution in [0, 0.1) is 6.92 Å². The van der Waals surface area contributed by atoms with Gasteiger partial charge in [0.1, 0.15) is 10.8 Å². The average molecular weight is 288 g/mol. The lowest BCUT2D eigenvalue weighted by atomic mass is 10.2. The van der Waals surface area contributed by atoms with E-state index in [0.717, 1.165) is 11.3 Å². The molecule has 0 spiro atoms. The van der Waals surface area contributed by atoms with Crippen LogP contribution in [-0.4, -0.2) is 21.6 Å². The van der Waals surface area contributed by atoms with Gasteiger partial charge < -0.3 is 15.0 Å². The number of nitrogens with two attached hydrogens (primary N) is 1. The minimum absolute atomic E-state index is 0.370. The van der Waals surface area contributed by atoms with Gasteiger partial charge in [0.05, 0.1) is 23.9 Å². The Morgan fingerprint density at radius 3 is 2.80 bits per heavy atom. The van der Waals surface area contributed by atoms with Gasteiger partial charge in [0, 0.05) is 0 Å². The van der Waals surface area contributed by atoms with Crippen LogP contribution in [0.1, 0.15) is 5.69 Å². The maximum Gasteiger partial charge on any atom is 0.263 e. The van der Waals surface area contributed by atoms with Gasteiger partial charge in [-0.3, -0.25) is 0 Å². The van der Waals surface area contributed by atoms with Gasteiger partial charge in [-0.2, -0.15) is 9.36 Å². The Bertz CT molecular complexity index is 731. The van der Waals surface area contributed by atoms with E-state index < -0.39 is 0 Å². The summed E-state index contributed by atoms with van der Waals surface area (Å²) in [6.07, 6.45) is 0. The predicted octanol–water partition coefficient (Wildman–Crippen LogP) is 2.76. The number of hydrogen-bond acceptors (Lipinski definition) is 7. The van der Waals surface area contributed by atoms with Crippen molar-refractivity contribution in [3.05, 3.63) is 30.0 Å². The third-order valence-corrected chi connectivity index (χ3v) is 3.64. The molecule has 3 rings (SSSR count). The standard InChI is InChI=1S/C13H12N4O2S/c1-7-10(11(14)20-17-7)13-15-12(16-19-13)8-5-3-4-6-9(8)18-2/h3-6H,14H2,1-2H3. The second kappa shape index (κ2) is 4.93. The van der Waals surface area contributed by atoms with E-state index in [1.165, 1.54) is 11.5 Å². The first-order valence-electron chi connectivity index (χ1n) is 5.90. The molecule has 2 heterocycles. The molecule has 0 unspecified atom stereocenters. The van der Waals surface area contributed by atoms with E-state index in [2.05, 4.69) is 14.5 Å². The second-order valence-corrected chi connectivity index (χ2v) is 4.94. The van der Waals surface area contributed by atoms with Crippen molar-refractivity contribution in [3.63, 3.8) is 0 Å². The molecule has 2 aromatic heterocycles. The largest absolute Gasteiger partial charge is 0.496 e. The molecule has 0 saturated heterocycles. The molecular weight excluding hydrogens is 276 g/mol. The van der Waals surface area contributed by atoms with Crippen molar-refractivity contribution in [1.29, 1.82) is 0 Å². The zero-order valence-corrected chi connectivity index (χ0v) is 11.8. The van der Waals surface area contributed by atoms with Crippen molar-refractivity contribution in [2.45, 2.75) is 6.92 Å². The van der Waals surface area contributed by atoms with Crippen LogP contribution in [0.25, 0.3) is 22.8 Å². The van der Waals surface area contributed by atoms with Crippen molar-refractivity contribution in [2.24, 2.45) is 0 Å². The molecule has 20 heavy (non-hydrogen) atoms. The number of ether oxygens (including phenoxy) is 1. The molecule has 3 aromatic rings. The summed E-state index contributed by atoms with van der Waals surface area (Å²) in [7, 11) is 1.60. The van der Waals surface area contributed by atoms with E-state index in [-0.39, 0.29) is 0 Å². The zero-order valence-electron chi connectivity index (χ0n) is 11.0. The molecule has 0 bridgehead atoms. The van der Waals surface area contributed by atoms with Gasteiger partial charge in [-0.25, -0.2) is 0 Å². The highest BCUT2D eigenvalue weighted by molar-refractivity contribution is 7.10. The Balaban J connectivity index is 2.07. The van der Waals surface area contributed by atoms with Gasteiger partial charge >= 0.3 is 0 Å². The Hall–Kier alpha value is -2.41. The number of nitrogens with zero attached hydrogens (tertiary/aromatic N) is 3. The molecule has 0 saturated carbocycles. The van der Waals surface area contributed by atoms with Crippen molar-refractivity contribution >= 4 is 16.5 Å². The first kappa shape index (κ1) is 12.6. The number of aryl methyl sites for hydroxylation is 1. The number of nitrogen functional groups attached to an aromatic ring is 1. The van der Waals surface area contributed by atoms with Crippen LogP contribution < -0.4 is 10.5 Å². The smallest absolute Gasteiger partial charge is 0.263 e. The van der Waals surface area contributed by atoms with E-state index in [1.807, 2.05) is 31.2 Å². The SMILES string of the molecule is COc1ccccc1-c1noc(-c2c(C)nsc2N)n1. The Morgan fingerprint density at radius 1 is 1.30 bits per heavy atom. The van der Waals surface area contributed by atoms with Gasteiger partial charge in [0.15, 0.2) is 0 Å². The molecule has 0 fully saturated rings. The lowest BCUT2D eigenvalue weighted by Crippen LogP contribution is -1.89. The lowest BCUT2D eigenvalue weighted by Gasteiger charge is -2.02. The molecule has 0 aliphatic heterocycles. The summed E-state index contributed by atoms with van der Waals surface area (Å²) in [6.45, 7) is 1.86. The number of para-hydroxylation sites is 1. The summed E-state index contributed by atoms with van der Waals surface area (Å²) >= 11 is 1.21. The zero-order chi connectivity index (χ0) is 14.1. The third kappa shape index (κ3) is 2.01. The van der Waals surface area contributed by atoms with Crippen LogP contribution in [0.3, 0.4) is 0 Å². The van der Waals surface area contributed by atoms with E-state index in [0.29, 0.717) is 28.0 Å². The van der Waals surface area contributed by atoms with Crippen LogP contribution in [-0.2, 0) is 0 Å². The van der Waals surface area contributed by atoms with Crippen molar-refractivity contribution < 1.29 is 9.26 Å². The van der Waals surface area contributed by atoms with Crippen LogP contribution in [0.5, 0.6) is 5.75 Å². The minimum atomic E-state index is 0.370. The number of rotatable bonds is 3. The van der Waals surface area contributed by atoms with Gasteiger partial charge in [-0.05, 0) is 30.6 Å². The molecule has 102 valence electrons. The molecule has 0 atom stereocenters. The Kier molecular flexibility index (Phi) is 3.11. The van der Waals surface area contributed by atoms with Gasteiger partial charge in [-0.1, -0.05) is 17.3 Å². The number of anilines is 1. The first-order valence-corrected chi connectivity index (χ1v) is 6.67. The molecule has 0 aliphatic carbocycles. The number of methoxy groups -OCH3 is 1. The van der Waals surface area contributed by atoms with Gasteiger partial charge in [-0.15, -0.1) is 0 Å². The summed E-state index contributed by atoms with van der Waals surface area (Å²) in [6, 6.07) is 7.49. The first-order chi connectivity index (χ1) is 9.70. The molecule has 6 nitrogen and oxygen atoms in total. The Labute approximate surface area is 119 Å². The molecular formula is C13H12N4O2S. The molecule has 2 N–H and O–H groups in total. The number of aromatic nitrogens is 3. The summed E-state index contributed by atoms with van der Waals surface area (Å²) < 4.78 is 14.8. The molecule has 1 aromatic carbocycles. The summed E-state index contributed by atoms with van der Waals surface area (Å²) in [5, 5.41) is 4.56. The molecule has 0 radical (unpaired) electrons. The van der Waals surface area contributed by atoms with Crippen molar-refractivity contribution in [2.75, 3.05) is 12.8 Å². The van der Waals surface area contributed by atoms with E-state index in [1.54, 1.807) is 7.11 Å². The maximum atomic E-state index is 5.88. The quantitative estimate of drug-likeness (QED) is 0.797. The normalized spacial score (nSPS) is 10.7. The van der Waals surface area contributed by atoms with E-state index >= 15 is 0 Å². The number of hydrogen-bond donors (Lipinski definition) is 1. The second-order valence-electron chi connectivity index (χ2n) is 4.13. The Morgan fingerprint density at radius 2 is 2.10 bits per heavy atom. The van der Waals surface area contributed by atoms with Crippen LogP contribution >= 0.6 is 11.5 Å². The highest BCUT2D eigenvalue weighted by Crippen LogP contribution is 2.34. The fraction of sp³-hybridized carbons (Fsp3) is 0.154. The van der Waals surface area contributed by atoms with Crippen molar-refractivity contribution in [1.82, 2.24) is 14.5 Å². The van der Waals surface area contributed by atoms with E-state index in [9.17, 15) is 0 Å². The summed E-state index contributed by atoms with van der Waals surface area (Å²) in [5.41, 5.74) is 8.13. The summed E-state index contributed by atoms with van der Waals surface area (Å²) in [4.78, 5) is 4.38. The third-order valence-electron chi connectivity index (χ3n) is 2.88. The topological polar surface area (TPSA) is 87.1 Å². The van der Waals surface area contributed by atoms with Crippen molar-refractivity contribution in [3.8, 4) is 28.6 Å². The lowest BCUT2D eigenvalue weighted by molar-refractivity contribution is 0.413. The monoisotopic (exact) mass is 288 g/mol. The fourth-order valence-electron chi connectivity index (χ4n) is 1.91. The van der Waals surface area contributed by atoms with Gasteiger partial charge in [0.25, 0.3) is 5.89 Å². The summed E-state index contributed by atoms with van der Waals surface area (Å²) in [5.74, 6) is 1.52. The predicted molar refractivity (Wildman–Crippen MR) is 76.5 cm³/mol. The van der Waals surface area contributed by atoms with Crippen LogP contribution in [0.15, 0.2) is 28.8 Å². The molecule has 0 aliphatic rings. The highest BCUT2D eigenvalue weighted by Gasteiger charge is 2.19. The molecule has 7 heteroatoms. The van der Waals surface area contributed by atoms with Gasteiger partial charge in [0.2, 0.25) is 5.82 Å². The average Bonchev–Trinajstić information content (AvgIpc) is 3.06. The fourth-order valence-corrected chi connectivity index (χ4v) is 2.56. The molecule has 0 amide bonds. The highest BCUT2D eigenvalue weighted by atomic mass is 32.1. The minimum Gasteiger partial charge on any atom is -0.496 e. The van der Waals surface area contributed by atoms with E-state index in [4.69, 9.17) is 15.0 Å². The maximum absolute atomic E-state index is 5.88. The van der Waals surface area contributed by atoms with Crippen LogP contribution in [0.4, 0.5) is 5.00 Å².